The number of amides is 3. The molecule has 286 valence electrons. The zero-order valence-corrected chi connectivity index (χ0v) is 31.4. The summed E-state index contributed by atoms with van der Waals surface area (Å²) >= 11 is 0. The van der Waals surface area contributed by atoms with Gasteiger partial charge in [0.15, 0.2) is 5.82 Å². The third kappa shape index (κ3) is 8.69. The number of nitrogens with zero attached hydrogens (tertiary/aromatic N) is 3. The fourth-order valence-corrected chi connectivity index (χ4v) is 8.38. The number of fused-ring (bicyclic) bond motifs is 3. The lowest BCUT2D eigenvalue weighted by molar-refractivity contribution is -0.137. The van der Waals surface area contributed by atoms with Gasteiger partial charge in [-0.3, -0.25) is 19.1 Å². The number of nitrogens with one attached hydrogen (secondary N) is 1. The number of benzene rings is 2. The first-order chi connectivity index (χ1) is 26.0. The lowest BCUT2D eigenvalue weighted by Gasteiger charge is -2.21. The van der Waals surface area contributed by atoms with Gasteiger partial charge in [0.05, 0.1) is 17.9 Å². The summed E-state index contributed by atoms with van der Waals surface area (Å²) < 4.78 is 44.7. The van der Waals surface area contributed by atoms with E-state index in [4.69, 9.17) is 29.6 Å². The average molecular weight is 758 g/mol. The summed E-state index contributed by atoms with van der Waals surface area (Å²) in [6, 6.07) is 14.3. The van der Waals surface area contributed by atoms with Crippen LogP contribution in [0.25, 0.3) is 33.5 Å². The standard InChI is InChI=1S/C40H47N5O8S/c1-24(2)51-27-17-15-25(16-18-27)38-42-35-30-12-9-10-13-33(30)53-36(35)40(43-38)52-28-22-32(37(41)47)45(23-28)34(46)14-8-6-4-3-5-7-11-26-21-31(26)39(48)44-54(49,50)29-19-20-29/h7,9-13,15-18,24,26,28-29,31-32H,3-6,8,14,19-23H2,1-2H3,(H2,41,47)(H,44,48)/b11-7-/t26-,28-,31+,32+/m1/s1. The van der Waals surface area contributed by atoms with Crippen LogP contribution in [0.15, 0.2) is 65.1 Å². The zero-order chi connectivity index (χ0) is 38.0. The largest absolute Gasteiger partial charge is 0.491 e. The molecule has 3 heterocycles. The molecule has 0 unspecified atom stereocenters. The van der Waals surface area contributed by atoms with Crippen LogP contribution in [-0.2, 0) is 24.4 Å². The Bertz CT molecular complexity index is 2160. The summed E-state index contributed by atoms with van der Waals surface area (Å²) in [6.07, 6.45) is 10.2. The molecule has 3 amide bonds. The van der Waals surface area contributed by atoms with Gasteiger partial charge in [-0.15, -0.1) is 0 Å². The minimum Gasteiger partial charge on any atom is -0.491 e. The number of sulfonamides is 1. The maximum absolute atomic E-state index is 13.4. The number of nitrogens with two attached hydrogens (primary N) is 1. The SMILES string of the molecule is CC(C)Oc1ccc(-c2nc(O[C@@H]3C[C@@H](C(N)=O)N(C(=O)CCCCCC/C=C\[C@@H]4C[C@@H]4C(=O)NS(=O)(=O)C4CC4)C3)c3oc4ccccc4c3n2)cc1. The Labute approximate surface area is 314 Å². The van der Waals surface area contributed by atoms with Gasteiger partial charge in [0.2, 0.25) is 33.3 Å². The molecule has 13 nitrogen and oxygen atoms in total. The summed E-state index contributed by atoms with van der Waals surface area (Å²) in [7, 11) is -3.50. The second kappa shape index (κ2) is 15.8. The highest BCUT2D eigenvalue weighted by Gasteiger charge is 2.45. The molecule has 2 aliphatic carbocycles. The van der Waals surface area contributed by atoms with E-state index in [0.29, 0.717) is 48.2 Å². The number of primary amides is 1. The Morgan fingerprint density at radius 3 is 2.52 bits per heavy atom. The van der Waals surface area contributed by atoms with Crippen LogP contribution >= 0.6 is 0 Å². The molecule has 3 N–H and O–H groups in total. The van der Waals surface area contributed by atoms with E-state index in [-0.39, 0.29) is 49.1 Å². The minimum atomic E-state index is -3.50. The van der Waals surface area contributed by atoms with Crippen LogP contribution in [0.4, 0.5) is 0 Å². The lowest BCUT2D eigenvalue weighted by Crippen LogP contribution is -2.43. The van der Waals surface area contributed by atoms with Gasteiger partial charge in [-0.25, -0.2) is 13.4 Å². The number of likely N-dealkylation sites (tertiary alicyclic amines) is 1. The van der Waals surface area contributed by atoms with Gasteiger partial charge in [0.1, 0.15) is 29.0 Å². The Morgan fingerprint density at radius 2 is 1.78 bits per heavy atom. The molecule has 2 aromatic carbocycles. The number of rotatable bonds is 17. The Balaban J connectivity index is 0.920. The van der Waals surface area contributed by atoms with E-state index in [0.717, 1.165) is 42.4 Å². The van der Waals surface area contributed by atoms with Crippen molar-refractivity contribution in [2.24, 2.45) is 17.6 Å². The van der Waals surface area contributed by atoms with Gasteiger partial charge >= 0.3 is 0 Å². The van der Waals surface area contributed by atoms with Crippen LogP contribution in [-0.4, -0.2) is 71.1 Å². The molecule has 1 aliphatic heterocycles. The number of allylic oxidation sites excluding steroid dienone is 2. The highest BCUT2D eigenvalue weighted by molar-refractivity contribution is 7.90. The van der Waals surface area contributed by atoms with Gasteiger partial charge in [0, 0.05) is 29.7 Å². The number of ether oxygens (including phenoxy) is 2. The number of furan rings is 1. The predicted octanol–water partition coefficient (Wildman–Crippen LogP) is 5.81. The Morgan fingerprint density at radius 1 is 1.02 bits per heavy atom. The number of carbonyl (C=O) groups excluding carboxylic acids is 3. The summed E-state index contributed by atoms with van der Waals surface area (Å²) in [5, 5.41) is 0.408. The highest BCUT2D eigenvalue weighted by Crippen LogP contribution is 2.41. The molecule has 0 spiro atoms. The van der Waals surface area contributed by atoms with E-state index >= 15 is 0 Å². The quantitative estimate of drug-likeness (QED) is 0.0985. The second-order valence-corrected chi connectivity index (χ2v) is 16.8. The molecule has 54 heavy (non-hydrogen) atoms. The molecule has 3 fully saturated rings. The van der Waals surface area contributed by atoms with Crippen molar-refractivity contribution < 1.29 is 36.7 Å². The van der Waals surface area contributed by atoms with Crippen molar-refractivity contribution in [2.75, 3.05) is 6.54 Å². The van der Waals surface area contributed by atoms with Crippen molar-refractivity contribution >= 4 is 49.8 Å². The van der Waals surface area contributed by atoms with Crippen LogP contribution in [0.5, 0.6) is 11.6 Å². The monoisotopic (exact) mass is 757 g/mol. The molecular formula is C40H47N5O8S. The topological polar surface area (TPSA) is 184 Å². The molecule has 0 bridgehead atoms. The van der Waals surface area contributed by atoms with Gasteiger partial charge in [0.25, 0.3) is 5.88 Å². The summed E-state index contributed by atoms with van der Waals surface area (Å²) in [5.74, 6) is 0.108. The number of hydrogen-bond acceptors (Lipinski definition) is 10. The highest BCUT2D eigenvalue weighted by atomic mass is 32.2. The normalized spacial score (nSPS) is 21.3. The van der Waals surface area contributed by atoms with E-state index in [1.807, 2.05) is 68.5 Å². The molecule has 4 atom stereocenters. The van der Waals surface area contributed by atoms with Crippen LogP contribution in [0.2, 0.25) is 0 Å². The molecule has 14 heteroatoms. The molecular weight excluding hydrogens is 711 g/mol. The number of unbranched alkanes of at least 4 members (excludes halogenated alkanes) is 4. The van der Waals surface area contributed by atoms with Crippen LogP contribution < -0.4 is 19.9 Å². The first kappa shape index (κ1) is 37.3. The van der Waals surface area contributed by atoms with Crippen LogP contribution in [0, 0.1) is 11.8 Å². The first-order valence-electron chi connectivity index (χ1n) is 18.9. The maximum Gasteiger partial charge on any atom is 0.262 e. The Hall–Kier alpha value is -4.98. The van der Waals surface area contributed by atoms with E-state index in [1.165, 1.54) is 4.90 Å². The first-order valence-corrected chi connectivity index (χ1v) is 20.5. The summed E-state index contributed by atoms with van der Waals surface area (Å²) in [6.45, 7) is 4.12. The van der Waals surface area contributed by atoms with Crippen molar-refractivity contribution in [2.45, 2.75) is 102 Å². The van der Waals surface area contributed by atoms with E-state index < -0.39 is 39.2 Å². The van der Waals surface area contributed by atoms with E-state index in [9.17, 15) is 22.8 Å². The van der Waals surface area contributed by atoms with Gasteiger partial charge in [-0.05, 0) is 94.7 Å². The van der Waals surface area contributed by atoms with E-state index in [1.54, 1.807) is 0 Å². The lowest BCUT2D eigenvalue weighted by atomic mass is 10.1. The number of carbonyl (C=O) groups is 3. The number of para-hydroxylation sites is 1. The van der Waals surface area contributed by atoms with Crippen molar-refractivity contribution in [1.82, 2.24) is 19.6 Å². The van der Waals surface area contributed by atoms with Gasteiger partial charge in [-0.1, -0.05) is 37.1 Å². The Kier molecular flexibility index (Phi) is 10.9. The molecule has 4 aromatic rings. The van der Waals surface area contributed by atoms with Crippen molar-refractivity contribution in [3.05, 3.63) is 60.7 Å². The molecule has 7 rings (SSSR count). The van der Waals surface area contributed by atoms with Crippen molar-refractivity contribution in [1.29, 1.82) is 0 Å². The minimum absolute atomic E-state index is 0.0372. The molecule has 2 aromatic heterocycles. The van der Waals surface area contributed by atoms with Gasteiger partial charge in [-0.2, -0.15) is 4.98 Å². The van der Waals surface area contributed by atoms with Crippen molar-refractivity contribution in [3.63, 3.8) is 0 Å². The molecule has 1 saturated heterocycles. The third-order valence-corrected chi connectivity index (χ3v) is 12.0. The van der Waals surface area contributed by atoms with E-state index in [2.05, 4.69) is 10.8 Å². The van der Waals surface area contributed by atoms with Gasteiger partial charge < -0.3 is 24.5 Å². The van der Waals surface area contributed by atoms with Crippen molar-refractivity contribution in [3.8, 4) is 23.0 Å². The number of aromatic nitrogens is 2. The number of hydrogen-bond donors (Lipinski definition) is 2. The third-order valence-electron chi connectivity index (χ3n) is 10.1. The second-order valence-electron chi connectivity index (χ2n) is 14.9. The molecule has 0 radical (unpaired) electrons. The average Bonchev–Trinajstić information content (AvgIpc) is 4.06. The molecule has 2 saturated carbocycles. The van der Waals surface area contributed by atoms with Crippen LogP contribution in [0.3, 0.4) is 0 Å². The smallest absolute Gasteiger partial charge is 0.262 e. The molecule has 3 aliphatic rings. The fraction of sp³-hybridized carbons (Fsp3) is 0.475. The zero-order valence-electron chi connectivity index (χ0n) is 30.6. The summed E-state index contributed by atoms with van der Waals surface area (Å²) in [5.41, 5.74) is 8.17. The maximum atomic E-state index is 13.4. The predicted molar refractivity (Wildman–Crippen MR) is 203 cm³/mol. The summed E-state index contributed by atoms with van der Waals surface area (Å²) in [4.78, 5) is 49.3. The van der Waals surface area contributed by atoms with Crippen LogP contribution in [0.1, 0.15) is 78.1 Å². The fourth-order valence-electron chi connectivity index (χ4n) is 7.03.